The molecule has 0 saturated carbocycles. The summed E-state index contributed by atoms with van der Waals surface area (Å²) < 4.78 is 12.8. The van der Waals surface area contributed by atoms with Crippen molar-refractivity contribution in [2.24, 2.45) is 0 Å². The Morgan fingerprint density at radius 3 is 2.55 bits per heavy atom. The summed E-state index contributed by atoms with van der Waals surface area (Å²) in [5.41, 5.74) is -0.109. The van der Waals surface area contributed by atoms with Crippen LogP contribution in [0, 0.1) is 5.82 Å². The maximum absolute atomic E-state index is 12.8. The molecular formula is C14H17FN4O. The lowest BCUT2D eigenvalue weighted by atomic mass is 10.1. The van der Waals surface area contributed by atoms with Crippen LogP contribution in [0.5, 0.6) is 0 Å². The number of anilines is 3. The van der Waals surface area contributed by atoms with E-state index in [4.69, 9.17) is 0 Å². The Morgan fingerprint density at radius 2 is 1.90 bits per heavy atom. The Morgan fingerprint density at radius 1 is 1.20 bits per heavy atom. The third kappa shape index (κ3) is 4.47. The average molecular weight is 276 g/mol. The minimum atomic E-state index is -0.844. The van der Waals surface area contributed by atoms with Gasteiger partial charge in [-0.3, -0.25) is 0 Å². The van der Waals surface area contributed by atoms with Gasteiger partial charge in [-0.2, -0.15) is 4.98 Å². The lowest BCUT2D eigenvalue weighted by Crippen LogP contribution is -2.29. The summed E-state index contributed by atoms with van der Waals surface area (Å²) in [5.74, 6) is 0.717. The summed E-state index contributed by atoms with van der Waals surface area (Å²) in [6, 6.07) is 7.70. The van der Waals surface area contributed by atoms with Gasteiger partial charge in [-0.1, -0.05) is 0 Å². The van der Waals surface area contributed by atoms with E-state index in [1.807, 2.05) is 0 Å². The van der Waals surface area contributed by atoms with Crippen molar-refractivity contribution >= 4 is 17.5 Å². The molecule has 0 unspecified atom stereocenters. The van der Waals surface area contributed by atoms with Gasteiger partial charge in [0.2, 0.25) is 5.95 Å². The molecule has 1 aromatic carbocycles. The first-order chi connectivity index (χ1) is 9.42. The quantitative estimate of drug-likeness (QED) is 0.783. The summed E-state index contributed by atoms with van der Waals surface area (Å²) in [5, 5.41) is 15.6. The zero-order valence-electron chi connectivity index (χ0n) is 11.4. The van der Waals surface area contributed by atoms with E-state index in [0.717, 1.165) is 5.69 Å². The van der Waals surface area contributed by atoms with Gasteiger partial charge in [-0.05, 0) is 44.2 Å². The smallest absolute Gasteiger partial charge is 0.224 e. The Labute approximate surface area is 116 Å². The molecule has 0 aliphatic rings. The second kappa shape index (κ2) is 5.83. The molecule has 0 aliphatic heterocycles. The maximum atomic E-state index is 12.8. The molecule has 0 amide bonds. The molecule has 0 aliphatic carbocycles. The molecule has 5 nitrogen and oxygen atoms in total. The minimum absolute atomic E-state index is 0.286. The lowest BCUT2D eigenvalue weighted by Gasteiger charge is -2.17. The van der Waals surface area contributed by atoms with E-state index in [-0.39, 0.29) is 5.82 Å². The zero-order valence-corrected chi connectivity index (χ0v) is 11.4. The van der Waals surface area contributed by atoms with Gasteiger partial charge in [0.25, 0.3) is 0 Å². The zero-order chi connectivity index (χ0) is 14.6. The second-order valence-electron chi connectivity index (χ2n) is 5.06. The van der Waals surface area contributed by atoms with Gasteiger partial charge in [0.15, 0.2) is 0 Å². The molecular weight excluding hydrogens is 259 g/mol. The van der Waals surface area contributed by atoms with Crippen molar-refractivity contribution in [2.45, 2.75) is 19.4 Å². The van der Waals surface area contributed by atoms with E-state index >= 15 is 0 Å². The standard InChI is InChI=1S/C14H17FN4O/c1-14(2,20)9-17-13-16-8-7-12(19-13)18-11-5-3-10(15)4-6-11/h3-8,20H,9H2,1-2H3,(H2,16,17,18,19). The largest absolute Gasteiger partial charge is 0.389 e. The second-order valence-corrected chi connectivity index (χ2v) is 5.06. The lowest BCUT2D eigenvalue weighted by molar-refractivity contribution is 0.0943. The Bertz CT molecular complexity index is 566. The number of benzene rings is 1. The van der Waals surface area contributed by atoms with Crippen LogP contribution in [-0.4, -0.2) is 27.2 Å². The number of nitrogens with one attached hydrogen (secondary N) is 2. The maximum Gasteiger partial charge on any atom is 0.224 e. The number of nitrogens with zero attached hydrogens (tertiary/aromatic N) is 2. The van der Waals surface area contributed by atoms with Crippen LogP contribution in [-0.2, 0) is 0 Å². The van der Waals surface area contributed by atoms with Crippen LogP contribution in [0.3, 0.4) is 0 Å². The van der Waals surface area contributed by atoms with E-state index in [9.17, 15) is 9.50 Å². The Hall–Kier alpha value is -2.21. The highest BCUT2D eigenvalue weighted by Crippen LogP contribution is 2.15. The van der Waals surface area contributed by atoms with Crippen molar-refractivity contribution in [3.05, 3.63) is 42.3 Å². The first kappa shape index (κ1) is 14.2. The van der Waals surface area contributed by atoms with E-state index in [0.29, 0.717) is 18.3 Å². The van der Waals surface area contributed by atoms with Crippen LogP contribution in [0.2, 0.25) is 0 Å². The summed E-state index contributed by atoms with van der Waals surface area (Å²) >= 11 is 0. The highest BCUT2D eigenvalue weighted by molar-refractivity contribution is 5.56. The first-order valence-corrected chi connectivity index (χ1v) is 6.24. The molecule has 2 rings (SSSR count). The normalized spacial score (nSPS) is 11.2. The fourth-order valence-electron chi connectivity index (χ4n) is 1.49. The van der Waals surface area contributed by atoms with Gasteiger partial charge in [-0.15, -0.1) is 0 Å². The molecule has 0 atom stereocenters. The summed E-state index contributed by atoms with van der Waals surface area (Å²) in [6.45, 7) is 3.73. The molecule has 0 fully saturated rings. The van der Waals surface area contributed by atoms with Crippen molar-refractivity contribution in [1.82, 2.24) is 9.97 Å². The monoisotopic (exact) mass is 276 g/mol. The first-order valence-electron chi connectivity index (χ1n) is 6.24. The van der Waals surface area contributed by atoms with Crippen LogP contribution < -0.4 is 10.6 Å². The van der Waals surface area contributed by atoms with Gasteiger partial charge in [0, 0.05) is 18.4 Å². The SMILES string of the molecule is CC(C)(O)CNc1nccc(Nc2ccc(F)cc2)n1. The predicted octanol–water partition coefficient (Wildman–Crippen LogP) is 2.54. The van der Waals surface area contributed by atoms with Crippen molar-refractivity contribution in [1.29, 1.82) is 0 Å². The fraction of sp³-hybridized carbons (Fsp3) is 0.286. The molecule has 20 heavy (non-hydrogen) atoms. The average Bonchev–Trinajstić information content (AvgIpc) is 2.39. The minimum Gasteiger partial charge on any atom is -0.389 e. The summed E-state index contributed by atoms with van der Waals surface area (Å²) in [7, 11) is 0. The van der Waals surface area contributed by atoms with E-state index < -0.39 is 5.60 Å². The highest BCUT2D eigenvalue weighted by atomic mass is 19.1. The third-order valence-corrected chi connectivity index (χ3v) is 2.45. The van der Waals surface area contributed by atoms with Crippen LogP contribution >= 0.6 is 0 Å². The Kier molecular flexibility index (Phi) is 4.14. The fourth-order valence-corrected chi connectivity index (χ4v) is 1.49. The summed E-state index contributed by atoms with van der Waals surface area (Å²) in [4.78, 5) is 8.32. The number of aromatic nitrogens is 2. The molecule has 0 radical (unpaired) electrons. The van der Waals surface area contributed by atoms with Crippen molar-refractivity contribution in [3.63, 3.8) is 0 Å². The van der Waals surface area contributed by atoms with E-state index in [1.54, 1.807) is 38.2 Å². The van der Waals surface area contributed by atoms with Gasteiger partial charge in [0.05, 0.1) is 5.60 Å². The van der Waals surface area contributed by atoms with Crippen LogP contribution in [0.15, 0.2) is 36.5 Å². The van der Waals surface area contributed by atoms with Gasteiger partial charge in [0.1, 0.15) is 11.6 Å². The number of hydrogen-bond donors (Lipinski definition) is 3. The number of rotatable bonds is 5. The van der Waals surface area contributed by atoms with E-state index in [2.05, 4.69) is 20.6 Å². The van der Waals surface area contributed by atoms with Gasteiger partial charge >= 0.3 is 0 Å². The highest BCUT2D eigenvalue weighted by Gasteiger charge is 2.12. The van der Waals surface area contributed by atoms with Crippen LogP contribution in [0.4, 0.5) is 21.8 Å². The predicted molar refractivity (Wildman–Crippen MR) is 76.5 cm³/mol. The van der Waals surface area contributed by atoms with Crippen molar-refractivity contribution in [2.75, 3.05) is 17.2 Å². The molecule has 0 spiro atoms. The summed E-state index contributed by atoms with van der Waals surface area (Å²) in [6.07, 6.45) is 1.60. The molecule has 1 aromatic heterocycles. The molecule has 6 heteroatoms. The van der Waals surface area contributed by atoms with Crippen molar-refractivity contribution in [3.8, 4) is 0 Å². The number of halogens is 1. The van der Waals surface area contributed by atoms with Crippen molar-refractivity contribution < 1.29 is 9.50 Å². The van der Waals surface area contributed by atoms with Gasteiger partial charge in [-0.25, -0.2) is 9.37 Å². The van der Waals surface area contributed by atoms with Crippen LogP contribution in [0.25, 0.3) is 0 Å². The number of hydrogen-bond acceptors (Lipinski definition) is 5. The molecule has 0 saturated heterocycles. The van der Waals surface area contributed by atoms with Crippen LogP contribution in [0.1, 0.15) is 13.8 Å². The molecule has 3 N–H and O–H groups in total. The molecule has 106 valence electrons. The molecule has 2 aromatic rings. The molecule has 0 bridgehead atoms. The third-order valence-electron chi connectivity index (χ3n) is 2.45. The topological polar surface area (TPSA) is 70.1 Å². The van der Waals surface area contributed by atoms with Gasteiger partial charge < -0.3 is 15.7 Å². The molecule has 1 heterocycles. The number of aliphatic hydroxyl groups is 1. The Balaban J connectivity index is 2.04. The van der Waals surface area contributed by atoms with E-state index in [1.165, 1.54) is 12.1 Å².